The van der Waals surface area contributed by atoms with Crippen LogP contribution in [0.2, 0.25) is 0 Å². The summed E-state index contributed by atoms with van der Waals surface area (Å²) in [6.45, 7) is 16.2. The number of alkyl carbamates (subject to hydrolysis) is 1. The highest BCUT2D eigenvalue weighted by Gasteiger charge is 2.31. The van der Waals surface area contributed by atoms with Crippen molar-refractivity contribution in [1.82, 2.24) is 46.1 Å². The number of unbranched alkanes of at least 4 members (excludes halogenated alkanes) is 1. The second-order valence-electron chi connectivity index (χ2n) is 22.3. The maximum absolute atomic E-state index is 14.1. The number of nitrogen functional groups attached to an aromatic ring is 2. The first-order chi connectivity index (χ1) is 41.5. The van der Waals surface area contributed by atoms with Crippen molar-refractivity contribution in [3.05, 3.63) is 120 Å². The lowest BCUT2D eigenvalue weighted by atomic mass is 9.92. The summed E-state index contributed by atoms with van der Waals surface area (Å²) in [5, 5.41) is 31.1. The van der Waals surface area contributed by atoms with Gasteiger partial charge in [0.2, 0.25) is 5.91 Å². The number of aromatic hydroxyl groups is 2. The van der Waals surface area contributed by atoms with Crippen molar-refractivity contribution < 1.29 is 57.9 Å². The molecular weight excluding hydrogens is 1110 g/mol. The first-order valence-electron chi connectivity index (χ1n) is 29.2. The molecule has 6 aromatic rings. The number of amides is 5. The number of anilines is 2. The Morgan fingerprint density at radius 1 is 0.540 bits per heavy atom. The molecule has 10 N–H and O–H groups in total. The Hall–Kier alpha value is -8.93. The molecule has 1 atom stereocenters. The molecule has 0 saturated heterocycles. The topological polar surface area (TPSA) is 327 Å². The van der Waals surface area contributed by atoms with Crippen LogP contribution in [-0.4, -0.2) is 148 Å². The van der Waals surface area contributed by atoms with Crippen LogP contribution >= 0.6 is 0 Å². The quantitative estimate of drug-likeness (QED) is 0.0154. The summed E-state index contributed by atoms with van der Waals surface area (Å²) >= 11 is 0. The van der Waals surface area contributed by atoms with Gasteiger partial charge in [-0.3, -0.25) is 29.3 Å². The third kappa shape index (κ3) is 20.9. The SMILES string of the molecule is CCc1c(-c2ccc(C(=O)NCCOCCOCCOCCN(C(=O)OC(C)(C)C)C(CCNC(=O)CCCCNC(=O)OC(C)(C)C)NC(=O)c3ccc(-c4cnc(N)c(-c5ccc(O)cc5)c4CC)cn3)nc2)cnc(N)c1-c1ccc(O)cc1. The molecule has 466 valence electrons. The van der Waals surface area contributed by atoms with E-state index in [0.717, 1.165) is 50.1 Å². The van der Waals surface area contributed by atoms with Gasteiger partial charge in [0.25, 0.3) is 11.8 Å². The molecular formula is C64H83N11O12. The first kappa shape index (κ1) is 67.2. The lowest BCUT2D eigenvalue weighted by molar-refractivity contribution is -0.121. The van der Waals surface area contributed by atoms with Crippen molar-refractivity contribution in [2.75, 3.05) is 77.3 Å². The maximum atomic E-state index is 14.1. The molecule has 0 spiro atoms. The molecule has 0 bridgehead atoms. The summed E-state index contributed by atoms with van der Waals surface area (Å²) in [5.41, 5.74) is 19.5. The van der Waals surface area contributed by atoms with E-state index in [1.165, 1.54) is 4.90 Å². The van der Waals surface area contributed by atoms with Crippen LogP contribution < -0.4 is 32.7 Å². The van der Waals surface area contributed by atoms with Gasteiger partial charge in [0.1, 0.15) is 51.9 Å². The van der Waals surface area contributed by atoms with Crippen LogP contribution in [0.4, 0.5) is 21.2 Å². The van der Waals surface area contributed by atoms with Gasteiger partial charge in [-0.05, 0) is 126 Å². The van der Waals surface area contributed by atoms with Gasteiger partial charge in [0.15, 0.2) is 0 Å². The van der Waals surface area contributed by atoms with Crippen LogP contribution in [-0.2, 0) is 41.3 Å². The van der Waals surface area contributed by atoms with E-state index in [0.29, 0.717) is 49.4 Å². The Morgan fingerprint density at radius 3 is 1.51 bits per heavy atom. The highest BCUT2D eigenvalue weighted by Crippen LogP contribution is 2.38. The van der Waals surface area contributed by atoms with Crippen LogP contribution in [0.3, 0.4) is 0 Å². The number of aromatic nitrogens is 4. The highest BCUT2D eigenvalue weighted by molar-refractivity contribution is 5.94. The van der Waals surface area contributed by atoms with Crippen LogP contribution in [0, 0.1) is 0 Å². The van der Waals surface area contributed by atoms with Gasteiger partial charge < -0.3 is 66.6 Å². The molecule has 87 heavy (non-hydrogen) atoms. The van der Waals surface area contributed by atoms with Crippen molar-refractivity contribution in [2.45, 2.75) is 111 Å². The molecule has 4 aromatic heterocycles. The smallest absolute Gasteiger partial charge is 0.412 e. The van der Waals surface area contributed by atoms with Crippen molar-refractivity contribution in [1.29, 1.82) is 0 Å². The Balaban J connectivity index is 1.00. The zero-order chi connectivity index (χ0) is 63.1. The molecule has 4 heterocycles. The Morgan fingerprint density at radius 2 is 1.02 bits per heavy atom. The summed E-state index contributed by atoms with van der Waals surface area (Å²) < 4.78 is 28.4. The minimum absolute atomic E-state index is 0.0185. The summed E-state index contributed by atoms with van der Waals surface area (Å²) in [7, 11) is 0. The number of nitrogens with zero attached hydrogens (tertiary/aromatic N) is 5. The molecule has 0 aliphatic rings. The summed E-state index contributed by atoms with van der Waals surface area (Å²) in [6, 6.07) is 20.3. The first-order valence-corrected chi connectivity index (χ1v) is 29.2. The zero-order valence-electron chi connectivity index (χ0n) is 51.0. The van der Waals surface area contributed by atoms with Gasteiger partial charge in [-0.25, -0.2) is 19.6 Å². The number of rotatable bonds is 30. The van der Waals surface area contributed by atoms with Gasteiger partial charge >= 0.3 is 12.2 Å². The minimum Gasteiger partial charge on any atom is -0.508 e. The monoisotopic (exact) mass is 1200 g/mol. The molecule has 0 saturated carbocycles. The third-order valence-corrected chi connectivity index (χ3v) is 13.4. The Labute approximate surface area is 508 Å². The fourth-order valence-electron chi connectivity index (χ4n) is 9.25. The Kier molecular flexibility index (Phi) is 25.1. The number of phenolic OH excluding ortho intramolecular Hbond substituents is 2. The number of hydrogen-bond acceptors (Lipinski definition) is 18. The number of nitrogens with one attached hydrogen (secondary N) is 4. The number of nitrogens with two attached hydrogens (primary N) is 2. The summed E-state index contributed by atoms with van der Waals surface area (Å²) in [6.07, 6.45) is 6.81. The normalized spacial score (nSPS) is 11.8. The second-order valence-corrected chi connectivity index (χ2v) is 22.3. The summed E-state index contributed by atoms with van der Waals surface area (Å²) in [4.78, 5) is 85.3. The second kappa shape index (κ2) is 32.5. The van der Waals surface area contributed by atoms with Crippen LogP contribution in [0.15, 0.2) is 97.6 Å². The minimum atomic E-state index is -1.01. The third-order valence-electron chi connectivity index (χ3n) is 13.4. The summed E-state index contributed by atoms with van der Waals surface area (Å²) in [5.74, 6) is -0.243. The van der Waals surface area contributed by atoms with E-state index in [1.54, 1.807) is 133 Å². The van der Waals surface area contributed by atoms with E-state index < -0.39 is 35.5 Å². The predicted molar refractivity (Wildman–Crippen MR) is 331 cm³/mol. The molecule has 5 amide bonds. The molecule has 0 radical (unpaired) electrons. The van der Waals surface area contributed by atoms with Crippen molar-refractivity contribution in [2.24, 2.45) is 0 Å². The molecule has 0 fully saturated rings. The van der Waals surface area contributed by atoms with E-state index in [9.17, 15) is 34.2 Å². The van der Waals surface area contributed by atoms with E-state index in [2.05, 4.69) is 41.2 Å². The van der Waals surface area contributed by atoms with Crippen molar-refractivity contribution in [3.63, 3.8) is 0 Å². The largest absolute Gasteiger partial charge is 0.508 e. The van der Waals surface area contributed by atoms with E-state index in [-0.39, 0.29) is 107 Å². The lowest BCUT2D eigenvalue weighted by Gasteiger charge is -2.34. The Bertz CT molecular complexity index is 3220. The van der Waals surface area contributed by atoms with Gasteiger partial charge in [0.05, 0.1) is 39.6 Å². The molecule has 2 aromatic carbocycles. The van der Waals surface area contributed by atoms with Gasteiger partial charge in [-0.2, -0.15) is 0 Å². The van der Waals surface area contributed by atoms with Gasteiger partial charge in [-0.15, -0.1) is 0 Å². The lowest BCUT2D eigenvalue weighted by Crippen LogP contribution is -2.54. The number of pyridine rings is 4. The number of carbonyl (C=O) groups excluding carboxylic acids is 5. The van der Waals surface area contributed by atoms with Crippen molar-refractivity contribution in [3.8, 4) is 56.0 Å². The molecule has 23 nitrogen and oxygen atoms in total. The number of benzene rings is 2. The molecule has 23 heteroatoms. The fourth-order valence-corrected chi connectivity index (χ4v) is 9.25. The van der Waals surface area contributed by atoms with Crippen LogP contribution in [0.5, 0.6) is 11.5 Å². The predicted octanol–water partition coefficient (Wildman–Crippen LogP) is 8.61. The van der Waals surface area contributed by atoms with Gasteiger partial charge in [-0.1, -0.05) is 50.2 Å². The van der Waals surface area contributed by atoms with Gasteiger partial charge in [0, 0.05) is 97.2 Å². The van der Waals surface area contributed by atoms with E-state index in [1.807, 2.05) is 19.9 Å². The van der Waals surface area contributed by atoms with E-state index in [4.69, 9.17) is 35.2 Å². The number of carbonyl (C=O) groups is 5. The van der Waals surface area contributed by atoms with Crippen LogP contribution in [0.1, 0.15) is 113 Å². The number of phenols is 2. The van der Waals surface area contributed by atoms with Crippen molar-refractivity contribution >= 4 is 41.5 Å². The molecule has 1 unspecified atom stereocenters. The molecule has 0 aliphatic heterocycles. The zero-order valence-corrected chi connectivity index (χ0v) is 51.0. The molecule has 0 aliphatic carbocycles. The highest BCUT2D eigenvalue weighted by atomic mass is 16.6. The standard InChI is InChI=1S/C64H83N11O12/c1-9-47-49(39-72-57(65)55(47)41-14-20-45(76)21-15-41)43-18-24-51(70-37-43)59(79)68-29-31-83-33-35-85-36-34-84-32-30-75(62(82)87-64(6,7)8)53(26-28-67-54(78)13-11-12-27-69-61(81)86-63(3,4)5)74-60(80)52-25-19-44(38-71-52)50-40-73-58(66)56(48(50)10-2)42-16-22-46(77)23-17-42/h14-25,37-40,53,76-77H,9-13,26-36H2,1-8H3,(H2,65,72)(H2,66,73)(H,67,78)(H,68,79)(H,69,81)(H,74,80). The molecule has 6 rings (SSSR count). The number of ether oxygens (including phenoxy) is 5. The maximum Gasteiger partial charge on any atom is 0.412 e. The average Bonchev–Trinajstić information content (AvgIpc) is 2.13. The number of hydrogen-bond donors (Lipinski definition) is 8. The fraction of sp³-hybridized carbons (Fsp3) is 0.422. The van der Waals surface area contributed by atoms with E-state index >= 15 is 0 Å². The van der Waals surface area contributed by atoms with Crippen LogP contribution in [0.25, 0.3) is 44.5 Å². The average molecular weight is 1200 g/mol.